The first-order chi connectivity index (χ1) is 36.9. The number of ether oxygens (including phenoxy) is 6. The minimum atomic E-state index is -0.924. The van der Waals surface area contributed by atoms with Crippen LogP contribution in [0.2, 0.25) is 0 Å². The second kappa shape index (κ2) is 21.2. The van der Waals surface area contributed by atoms with Crippen molar-refractivity contribution in [3.8, 4) is 0 Å². The summed E-state index contributed by atoms with van der Waals surface area (Å²) in [5.41, 5.74) is 2.12. The number of fused-ring (bicyclic) bond motifs is 18. The first-order valence-corrected chi connectivity index (χ1v) is 22.4. The van der Waals surface area contributed by atoms with Gasteiger partial charge in [0.25, 0.3) is 0 Å². The fraction of sp³-hybridized carbons (Fsp3) is 0. The van der Waals surface area contributed by atoms with Gasteiger partial charge in [0.15, 0.2) is 0 Å². The van der Waals surface area contributed by atoms with Gasteiger partial charge in [0.05, 0.1) is 127 Å². The largest absolute Gasteiger partial charge is 0.431 e. The van der Waals surface area contributed by atoms with Crippen LogP contribution in [0.5, 0.6) is 0 Å². The molecule has 4 aliphatic rings. The van der Waals surface area contributed by atoms with Crippen molar-refractivity contribution in [1.82, 2.24) is 39.9 Å². The molecule has 374 valence electrons. The Hall–Kier alpha value is -11.3. The highest BCUT2D eigenvalue weighted by atomic mass is 16.5. The number of aromatic nitrogens is 8. The first-order valence-electron chi connectivity index (χ1n) is 22.4. The van der Waals surface area contributed by atoms with Gasteiger partial charge in [0, 0.05) is 0 Å². The van der Waals surface area contributed by atoms with Crippen LogP contribution in [0.4, 0.5) is 0 Å². The van der Waals surface area contributed by atoms with E-state index in [2.05, 4.69) is 79.3 Å². The Morgan fingerprint density at radius 2 is 0.434 bits per heavy atom. The summed E-state index contributed by atoms with van der Waals surface area (Å²) in [5.74, 6) is -5.32. The van der Waals surface area contributed by atoms with Gasteiger partial charge in [0.1, 0.15) is 33.4 Å². The monoisotopic (exact) mass is 1010 g/mol. The van der Waals surface area contributed by atoms with Crippen molar-refractivity contribution in [2.75, 3.05) is 0 Å². The second-order valence-corrected chi connectivity index (χ2v) is 15.7. The van der Waals surface area contributed by atoms with Crippen LogP contribution in [0, 0.1) is 0 Å². The molecule has 20 nitrogen and oxygen atoms in total. The zero-order valence-electron chi connectivity index (χ0n) is 39.6. The molecule has 0 amide bonds. The smallest absolute Gasteiger partial charge is 0.347 e. The summed E-state index contributed by atoms with van der Waals surface area (Å²) in [5, 5.41) is 0. The summed E-state index contributed by atoms with van der Waals surface area (Å²) in [6, 6.07) is 12.9. The summed E-state index contributed by atoms with van der Waals surface area (Å²) >= 11 is 0. The molecule has 0 saturated carbocycles. The molecule has 4 N–H and O–H groups in total. The maximum atomic E-state index is 13.8. The van der Waals surface area contributed by atoms with Crippen LogP contribution in [0.15, 0.2) is 126 Å². The average Bonchev–Trinajstić information content (AvgIpc) is 4.25. The highest BCUT2D eigenvalue weighted by Crippen LogP contribution is 2.31. The number of nitrogens with one attached hydrogen (secondary N) is 4. The van der Waals surface area contributed by atoms with E-state index in [4.69, 9.17) is 28.4 Å². The van der Waals surface area contributed by atoms with Crippen molar-refractivity contribution < 1.29 is 57.2 Å². The molecular weight excluding hydrogens is 977 g/mol. The lowest BCUT2D eigenvalue weighted by atomic mass is 10.1. The lowest BCUT2D eigenvalue weighted by molar-refractivity contribution is 0.0652. The Balaban J connectivity index is 1.42. The molecule has 4 aliphatic heterocycles. The molecule has 76 heavy (non-hydrogen) atoms. The predicted octanol–water partition coefficient (Wildman–Crippen LogP) is 10.6. The normalized spacial score (nSPS) is 11.6. The number of carbonyl (C=O) groups excluding carboxylic acids is 6. The minimum absolute atomic E-state index is 0.0122. The van der Waals surface area contributed by atoms with Gasteiger partial charge in [-0.3, -0.25) is 0 Å². The van der Waals surface area contributed by atoms with Crippen molar-refractivity contribution in [2.24, 2.45) is 0 Å². The van der Waals surface area contributed by atoms with Crippen LogP contribution in [0.1, 0.15) is 108 Å². The van der Waals surface area contributed by atoms with E-state index >= 15 is 0 Å². The number of H-pyrrole nitrogens is 4. The van der Waals surface area contributed by atoms with E-state index in [-0.39, 0.29) is 101 Å². The maximum Gasteiger partial charge on any atom is 0.347 e. The quantitative estimate of drug-likeness (QED) is 0.0503. The first kappa shape index (κ1) is 49.7. The lowest BCUT2D eigenvalue weighted by Crippen LogP contribution is -2.07. The number of hydrogen-bond acceptors (Lipinski definition) is 16. The van der Waals surface area contributed by atoms with Crippen LogP contribution < -0.4 is 0 Å². The fourth-order valence-corrected chi connectivity index (χ4v) is 8.25. The lowest BCUT2D eigenvalue weighted by Gasteiger charge is -2.03. The standard InChI is InChI=1S/C56H38N8O12/c1-7-71-51(65)45-33-17-13-29(57-33)30-14-18-34(58-30)46(52(66)72-8-2)39-23-27-43(63-39)50(56(70)76-12-6)44-28-24-40(64-44)48(54(68)74-10-4)36-20-16-32(60-36)31-15-19-35(59-31)47(53(67)73-9-3)38-22-26-42(62-38)49(55(69)75-11-5)41-25-21-37(45)61-41/h7-28,57-60H,1-6H2. The Labute approximate surface area is 428 Å². The average molecular weight is 1010 g/mol. The van der Waals surface area contributed by atoms with E-state index in [1.807, 2.05) is 0 Å². The molecule has 5 aromatic heterocycles. The summed E-state index contributed by atoms with van der Waals surface area (Å²) in [6.45, 7) is 21.1. The maximum absolute atomic E-state index is 13.8. The van der Waals surface area contributed by atoms with Crippen molar-refractivity contribution in [3.05, 3.63) is 205 Å². The number of hydrogen-bond donors (Lipinski definition) is 4. The number of esters is 6. The highest BCUT2D eigenvalue weighted by molar-refractivity contribution is 6.08. The number of nitrogens with zero attached hydrogens (tertiary/aromatic N) is 4. The number of aromatic amines is 4. The van der Waals surface area contributed by atoms with Crippen LogP contribution in [0.3, 0.4) is 0 Å². The van der Waals surface area contributed by atoms with E-state index in [9.17, 15) is 28.8 Å². The number of rotatable bonds is 12. The van der Waals surface area contributed by atoms with Crippen molar-refractivity contribution in [2.45, 2.75) is 0 Å². The molecule has 0 atom stereocenters. The minimum Gasteiger partial charge on any atom is -0.431 e. The van der Waals surface area contributed by atoms with E-state index in [0.29, 0.717) is 22.1 Å². The van der Waals surface area contributed by atoms with Gasteiger partial charge < -0.3 is 48.4 Å². The molecule has 0 fully saturated rings. The zero-order valence-corrected chi connectivity index (χ0v) is 39.6. The fourth-order valence-electron chi connectivity index (χ4n) is 8.25. The Kier molecular flexibility index (Phi) is 13.9. The summed E-state index contributed by atoms with van der Waals surface area (Å²) < 4.78 is 31.5. The molecule has 16 bridgehead atoms. The zero-order chi connectivity index (χ0) is 53.6. The topological polar surface area (TPSA) is 273 Å². The van der Waals surface area contributed by atoms with Gasteiger partial charge in [-0.2, -0.15) is 0 Å². The molecule has 20 heteroatoms. The van der Waals surface area contributed by atoms with Gasteiger partial charge in [-0.1, -0.05) is 39.5 Å². The molecule has 0 saturated heterocycles. The third kappa shape index (κ3) is 9.48. The molecule has 0 unspecified atom stereocenters. The van der Waals surface area contributed by atoms with E-state index in [1.165, 1.54) is 48.6 Å². The molecule has 0 aliphatic carbocycles. The SMILES string of the molecule is C=COC(=O)c1c2nc(c(C(=O)OC=C)c3ccc([nH]3)c3ccc([nH]3)c(C(=O)OC=C)c3nc(c(C(=O)OC=C)c4nc(c(C(=O)OC=C)c5ccc([nH]5)c5ccc([nH]5)c(C(=O)OC=C)c5nc1C=C5)C=C4)C=C3)C=C2. The van der Waals surface area contributed by atoms with Crippen LogP contribution >= 0.6 is 0 Å². The highest BCUT2D eigenvalue weighted by Gasteiger charge is 2.27. The van der Waals surface area contributed by atoms with E-state index in [1.54, 1.807) is 48.5 Å². The Bertz CT molecular complexity index is 3550. The Morgan fingerprint density at radius 1 is 0.276 bits per heavy atom. The van der Waals surface area contributed by atoms with Gasteiger partial charge in [0.2, 0.25) is 0 Å². The number of carbonyl (C=O) groups is 6. The molecule has 9 heterocycles. The van der Waals surface area contributed by atoms with E-state index < -0.39 is 35.8 Å². The molecule has 0 aromatic carbocycles. The van der Waals surface area contributed by atoms with Crippen LogP contribution in [-0.4, -0.2) is 75.7 Å². The van der Waals surface area contributed by atoms with Crippen molar-refractivity contribution in [1.29, 1.82) is 0 Å². The van der Waals surface area contributed by atoms with Gasteiger partial charge >= 0.3 is 35.8 Å². The molecule has 9 rings (SSSR count). The van der Waals surface area contributed by atoms with Crippen molar-refractivity contribution >= 4 is 129 Å². The summed E-state index contributed by atoms with van der Waals surface area (Å²) in [4.78, 5) is 114. The van der Waals surface area contributed by atoms with Crippen LogP contribution in [-0.2, 0) is 28.4 Å². The molecule has 5 aromatic rings. The molecular formula is C56H38N8O12. The molecule has 0 spiro atoms. The summed E-state index contributed by atoms with van der Waals surface area (Å²) in [6.07, 6.45) is 17.4. The van der Waals surface area contributed by atoms with Crippen molar-refractivity contribution in [3.63, 3.8) is 0 Å². The summed E-state index contributed by atoms with van der Waals surface area (Å²) in [7, 11) is 0. The molecule has 0 radical (unpaired) electrons. The third-order valence-electron chi connectivity index (χ3n) is 11.4. The second-order valence-electron chi connectivity index (χ2n) is 15.7. The van der Waals surface area contributed by atoms with Gasteiger partial charge in [-0.05, 0) is 97.1 Å². The predicted molar refractivity (Wildman–Crippen MR) is 283 cm³/mol. The third-order valence-corrected chi connectivity index (χ3v) is 11.4. The van der Waals surface area contributed by atoms with Gasteiger partial charge in [-0.25, -0.2) is 48.7 Å². The van der Waals surface area contributed by atoms with Crippen LogP contribution in [0.25, 0.3) is 92.7 Å². The van der Waals surface area contributed by atoms with E-state index in [0.717, 1.165) is 37.6 Å². The Morgan fingerprint density at radius 3 is 0.618 bits per heavy atom. The van der Waals surface area contributed by atoms with Gasteiger partial charge in [-0.15, -0.1) is 0 Å².